The normalized spacial score (nSPS) is 14.6. The van der Waals surface area contributed by atoms with Crippen LogP contribution in [0.1, 0.15) is 84.1 Å². The number of hydrogen-bond donors (Lipinski definition) is 0. The van der Waals surface area contributed by atoms with Crippen LogP contribution in [0, 0.1) is 0 Å². The van der Waals surface area contributed by atoms with Crippen molar-refractivity contribution in [2.45, 2.75) is 61.9 Å². The molecule has 0 fully saturated rings. The molecule has 0 spiro atoms. The topological polar surface area (TPSA) is 0 Å². The fraction of sp³-hybridized carbons (Fsp3) is 0.294. The Balaban J connectivity index is 1.70. The summed E-state index contributed by atoms with van der Waals surface area (Å²) < 4.78 is 0. The molecule has 4 aromatic carbocycles. The summed E-state index contributed by atoms with van der Waals surface area (Å²) in [6, 6.07) is 44.6. The van der Waals surface area contributed by atoms with E-state index in [-0.39, 0.29) is 0 Å². The zero-order chi connectivity index (χ0) is 25.0. The molecule has 2 heteroatoms. The molecular formula is C34H38S2. The van der Waals surface area contributed by atoms with Crippen LogP contribution in [0.2, 0.25) is 0 Å². The summed E-state index contributed by atoms with van der Waals surface area (Å²) in [6.45, 7) is 4.63. The minimum Gasteiger partial charge on any atom is -0.0846 e. The van der Waals surface area contributed by atoms with Gasteiger partial charge in [-0.3, -0.25) is 0 Å². The van der Waals surface area contributed by atoms with Gasteiger partial charge in [-0.2, -0.15) is 0 Å². The molecule has 0 nitrogen and oxygen atoms in total. The second kappa shape index (κ2) is 14.4. The van der Waals surface area contributed by atoms with E-state index < -0.39 is 0 Å². The van der Waals surface area contributed by atoms with Crippen LogP contribution in [0.5, 0.6) is 0 Å². The molecule has 0 aliphatic heterocycles. The zero-order valence-corrected chi connectivity index (χ0v) is 23.1. The lowest BCUT2D eigenvalue weighted by Gasteiger charge is -2.32. The van der Waals surface area contributed by atoms with E-state index in [0.29, 0.717) is 22.3 Å². The Hall–Kier alpha value is -2.42. The predicted molar refractivity (Wildman–Crippen MR) is 162 cm³/mol. The van der Waals surface area contributed by atoms with Gasteiger partial charge in [0, 0.05) is 22.3 Å². The van der Waals surface area contributed by atoms with Crippen molar-refractivity contribution in [3.63, 3.8) is 0 Å². The van der Waals surface area contributed by atoms with Crippen LogP contribution in [0.15, 0.2) is 121 Å². The van der Waals surface area contributed by atoms with E-state index in [1.54, 1.807) is 0 Å². The van der Waals surface area contributed by atoms with E-state index in [1.807, 2.05) is 0 Å². The van der Waals surface area contributed by atoms with Gasteiger partial charge in [-0.05, 0) is 35.1 Å². The van der Waals surface area contributed by atoms with E-state index in [0.717, 1.165) is 0 Å². The zero-order valence-electron chi connectivity index (χ0n) is 21.5. The fourth-order valence-electron chi connectivity index (χ4n) is 5.12. The average molecular weight is 511 g/mol. The largest absolute Gasteiger partial charge is 0.0846 e. The monoisotopic (exact) mass is 510 g/mol. The van der Waals surface area contributed by atoms with Crippen LogP contribution in [-0.2, 0) is 0 Å². The minimum atomic E-state index is 0.391. The van der Waals surface area contributed by atoms with Crippen molar-refractivity contribution in [3.8, 4) is 0 Å². The molecule has 0 saturated heterocycles. The maximum absolute atomic E-state index is 2.32. The van der Waals surface area contributed by atoms with Crippen molar-refractivity contribution in [1.29, 1.82) is 0 Å². The quantitative estimate of drug-likeness (QED) is 0.164. The first-order chi connectivity index (χ1) is 17.8. The molecule has 4 rings (SSSR count). The fourth-order valence-corrected chi connectivity index (χ4v) is 8.94. The van der Waals surface area contributed by atoms with Crippen LogP contribution >= 0.6 is 21.6 Å². The Labute approximate surface area is 226 Å². The molecule has 0 aliphatic carbocycles. The van der Waals surface area contributed by atoms with Crippen LogP contribution in [0.3, 0.4) is 0 Å². The third kappa shape index (κ3) is 7.08. The first kappa shape index (κ1) is 26.6. The Morgan fingerprint density at radius 3 is 0.972 bits per heavy atom. The molecule has 4 aromatic rings. The summed E-state index contributed by atoms with van der Waals surface area (Å²) in [4.78, 5) is 0. The van der Waals surface area contributed by atoms with Gasteiger partial charge in [-0.15, -0.1) is 0 Å². The second-order valence-corrected chi connectivity index (χ2v) is 12.0. The van der Waals surface area contributed by atoms with Crippen molar-refractivity contribution in [3.05, 3.63) is 144 Å². The summed E-state index contributed by atoms with van der Waals surface area (Å²) >= 11 is 0. The lowest BCUT2D eigenvalue weighted by molar-refractivity contribution is 0.598. The van der Waals surface area contributed by atoms with Crippen LogP contribution in [0.4, 0.5) is 0 Å². The van der Waals surface area contributed by atoms with Gasteiger partial charge in [0.2, 0.25) is 0 Å². The summed E-state index contributed by atoms with van der Waals surface area (Å²) in [5.41, 5.74) is 5.75. The smallest absolute Gasteiger partial charge is 0.0469 e. The number of rotatable bonds is 13. The molecule has 4 atom stereocenters. The van der Waals surface area contributed by atoms with Crippen molar-refractivity contribution in [2.75, 3.05) is 0 Å². The van der Waals surface area contributed by atoms with E-state index in [4.69, 9.17) is 0 Å². The summed E-state index contributed by atoms with van der Waals surface area (Å²) in [6.07, 6.45) is 4.73. The molecule has 0 aliphatic rings. The molecule has 0 amide bonds. The maximum atomic E-state index is 2.32. The first-order valence-corrected chi connectivity index (χ1v) is 15.6. The minimum absolute atomic E-state index is 0.391. The molecule has 0 radical (unpaired) electrons. The molecule has 0 aromatic heterocycles. The van der Waals surface area contributed by atoms with Gasteiger partial charge in [0.25, 0.3) is 0 Å². The lowest BCUT2D eigenvalue weighted by atomic mass is 9.88. The summed E-state index contributed by atoms with van der Waals surface area (Å²) in [5.74, 6) is 0.961. The van der Waals surface area contributed by atoms with E-state index in [2.05, 4.69) is 157 Å². The third-order valence-electron chi connectivity index (χ3n) is 6.90. The summed E-state index contributed by atoms with van der Waals surface area (Å²) in [7, 11) is 4.17. The van der Waals surface area contributed by atoms with Crippen LogP contribution in [0.25, 0.3) is 0 Å². The highest BCUT2D eigenvalue weighted by Gasteiger charge is 2.30. The molecule has 0 saturated carbocycles. The molecule has 0 N–H and O–H groups in total. The maximum Gasteiger partial charge on any atom is 0.0469 e. The van der Waals surface area contributed by atoms with Crippen LogP contribution < -0.4 is 0 Å². The number of benzene rings is 4. The Kier molecular flexibility index (Phi) is 10.6. The van der Waals surface area contributed by atoms with Crippen LogP contribution in [-0.4, -0.2) is 0 Å². The van der Waals surface area contributed by atoms with Crippen molar-refractivity contribution in [1.82, 2.24) is 0 Å². The average Bonchev–Trinajstić information content (AvgIpc) is 2.95. The molecule has 186 valence electrons. The van der Waals surface area contributed by atoms with E-state index in [1.165, 1.54) is 47.9 Å². The van der Waals surface area contributed by atoms with Gasteiger partial charge >= 0.3 is 0 Å². The molecule has 0 heterocycles. The number of hydrogen-bond acceptors (Lipinski definition) is 2. The van der Waals surface area contributed by atoms with Gasteiger partial charge in [0.1, 0.15) is 0 Å². The van der Waals surface area contributed by atoms with Gasteiger partial charge in [0.05, 0.1) is 0 Å². The highest BCUT2D eigenvalue weighted by Crippen LogP contribution is 2.56. The second-order valence-electron chi connectivity index (χ2n) is 9.47. The van der Waals surface area contributed by atoms with Gasteiger partial charge < -0.3 is 0 Å². The van der Waals surface area contributed by atoms with Crippen molar-refractivity contribution < 1.29 is 0 Å². The highest BCUT2D eigenvalue weighted by atomic mass is 33.1. The molecule has 0 bridgehead atoms. The van der Waals surface area contributed by atoms with Gasteiger partial charge in [-0.1, -0.05) is 170 Å². The van der Waals surface area contributed by atoms with Crippen molar-refractivity contribution in [2.24, 2.45) is 0 Å². The highest BCUT2D eigenvalue weighted by molar-refractivity contribution is 8.76. The third-order valence-corrected chi connectivity index (χ3v) is 10.2. The summed E-state index contributed by atoms with van der Waals surface area (Å²) in [5, 5.41) is 0.783. The van der Waals surface area contributed by atoms with Gasteiger partial charge in [-0.25, -0.2) is 0 Å². The van der Waals surface area contributed by atoms with Gasteiger partial charge in [0.15, 0.2) is 0 Å². The molecular weight excluding hydrogens is 473 g/mol. The van der Waals surface area contributed by atoms with E-state index in [9.17, 15) is 0 Å². The lowest BCUT2D eigenvalue weighted by Crippen LogP contribution is -2.11. The molecule has 4 unspecified atom stereocenters. The standard InChI is InChI=1S/C34H38S2/c1-3-17-31(27-19-9-5-10-20-27)33(29-23-13-7-14-24-29)35-36-34(30-25-15-8-16-26-30)32(18-4-2)28-21-11-6-12-22-28/h5-16,19-26,31-34H,3-4,17-18H2,1-2H3. The van der Waals surface area contributed by atoms with Crippen molar-refractivity contribution >= 4 is 21.6 Å². The Bertz CT molecular complexity index is 1020. The molecule has 36 heavy (non-hydrogen) atoms. The Morgan fingerprint density at radius 1 is 0.417 bits per heavy atom. The SMILES string of the molecule is CCCC(c1ccccc1)C(SSC(c1ccccc1)C(CCC)c1ccccc1)c1ccccc1. The first-order valence-electron chi connectivity index (χ1n) is 13.3. The van der Waals surface area contributed by atoms with E-state index >= 15 is 0 Å². The Morgan fingerprint density at radius 2 is 0.694 bits per heavy atom. The predicted octanol–water partition coefficient (Wildman–Crippen LogP) is 11.0.